The number of para-hydroxylation sites is 2. The average Bonchev–Trinajstić information content (AvgIpc) is 3.06. The molecule has 0 saturated carbocycles. The third kappa shape index (κ3) is 3.88. The second-order valence-corrected chi connectivity index (χ2v) is 8.44. The lowest BCUT2D eigenvalue weighted by atomic mass is 9.95. The van der Waals surface area contributed by atoms with Crippen molar-refractivity contribution in [2.24, 2.45) is 5.92 Å². The summed E-state index contributed by atoms with van der Waals surface area (Å²) in [5.41, 5.74) is 2.28. The van der Waals surface area contributed by atoms with Crippen LogP contribution in [0.15, 0.2) is 24.3 Å². The molecular formula is C22H32N4O. The van der Waals surface area contributed by atoms with Crippen LogP contribution in [0.5, 0.6) is 0 Å². The fraction of sp³-hybridized carbons (Fsp3) is 0.636. The summed E-state index contributed by atoms with van der Waals surface area (Å²) in [4.78, 5) is 22.4. The summed E-state index contributed by atoms with van der Waals surface area (Å²) in [6.07, 6.45) is 5.74. The minimum Gasteiger partial charge on any atom is -0.342 e. The van der Waals surface area contributed by atoms with Crippen LogP contribution in [-0.2, 0) is 11.3 Å². The Morgan fingerprint density at radius 2 is 1.89 bits per heavy atom. The number of rotatable bonds is 4. The molecule has 1 aromatic carbocycles. The lowest BCUT2D eigenvalue weighted by Gasteiger charge is -2.36. The molecule has 0 radical (unpaired) electrons. The van der Waals surface area contributed by atoms with E-state index < -0.39 is 0 Å². The maximum atomic E-state index is 12.9. The first-order valence-electron chi connectivity index (χ1n) is 10.6. The van der Waals surface area contributed by atoms with Crippen LogP contribution >= 0.6 is 0 Å². The van der Waals surface area contributed by atoms with Crippen molar-refractivity contribution in [1.29, 1.82) is 0 Å². The zero-order valence-corrected chi connectivity index (χ0v) is 16.7. The molecule has 1 aromatic heterocycles. The summed E-state index contributed by atoms with van der Waals surface area (Å²) in [6.45, 7) is 9.11. The van der Waals surface area contributed by atoms with Gasteiger partial charge in [-0.15, -0.1) is 0 Å². The van der Waals surface area contributed by atoms with Crippen molar-refractivity contribution in [3.8, 4) is 0 Å². The number of piperidine rings is 2. The number of carbonyl (C=O) groups is 1. The molecule has 5 heteroatoms. The molecule has 0 bridgehead atoms. The molecule has 0 unspecified atom stereocenters. The van der Waals surface area contributed by atoms with Crippen LogP contribution in [0, 0.1) is 5.92 Å². The number of amides is 1. The van der Waals surface area contributed by atoms with Crippen LogP contribution in [0.2, 0.25) is 0 Å². The SMILES string of the molecule is CC(C)n1c(CN2CCC[C@@H](C(=O)N3CCCCC3)C2)nc2ccccc21. The molecule has 2 fully saturated rings. The van der Waals surface area contributed by atoms with Gasteiger partial charge in [0.05, 0.1) is 23.5 Å². The second-order valence-electron chi connectivity index (χ2n) is 8.44. The molecule has 0 spiro atoms. The van der Waals surface area contributed by atoms with Gasteiger partial charge in [0, 0.05) is 25.7 Å². The van der Waals surface area contributed by atoms with Crippen molar-refractivity contribution in [3.05, 3.63) is 30.1 Å². The molecule has 0 aliphatic carbocycles. The topological polar surface area (TPSA) is 41.4 Å². The molecule has 2 saturated heterocycles. The maximum Gasteiger partial charge on any atom is 0.226 e. The third-order valence-corrected chi connectivity index (χ3v) is 6.07. The molecule has 2 aliphatic rings. The molecule has 1 amide bonds. The smallest absolute Gasteiger partial charge is 0.226 e. The highest BCUT2D eigenvalue weighted by Crippen LogP contribution is 2.25. The fourth-order valence-electron chi connectivity index (χ4n) is 4.76. The standard InChI is InChI=1S/C22H32N4O/c1-17(2)26-20-11-5-4-10-19(20)23-21(26)16-24-12-8-9-18(15-24)22(27)25-13-6-3-7-14-25/h4-5,10-11,17-18H,3,6-9,12-16H2,1-2H3/t18-/m1/s1. The van der Waals surface area contributed by atoms with Gasteiger partial charge in [-0.2, -0.15) is 0 Å². The molecule has 146 valence electrons. The largest absolute Gasteiger partial charge is 0.342 e. The molecule has 5 nitrogen and oxygen atoms in total. The van der Waals surface area contributed by atoms with Gasteiger partial charge in [-0.3, -0.25) is 9.69 Å². The summed E-state index contributed by atoms with van der Waals surface area (Å²) in [5.74, 6) is 1.67. The van der Waals surface area contributed by atoms with E-state index in [2.05, 4.69) is 52.5 Å². The number of aromatic nitrogens is 2. The highest BCUT2D eigenvalue weighted by atomic mass is 16.2. The predicted molar refractivity (Wildman–Crippen MR) is 109 cm³/mol. The van der Waals surface area contributed by atoms with Crippen LogP contribution < -0.4 is 0 Å². The molecule has 27 heavy (non-hydrogen) atoms. The van der Waals surface area contributed by atoms with E-state index >= 15 is 0 Å². The van der Waals surface area contributed by atoms with E-state index in [1.54, 1.807) is 0 Å². The van der Waals surface area contributed by atoms with Crippen LogP contribution in [-0.4, -0.2) is 51.4 Å². The Kier molecular flexibility index (Phi) is 5.48. The van der Waals surface area contributed by atoms with E-state index in [0.29, 0.717) is 11.9 Å². The Morgan fingerprint density at radius 1 is 1.11 bits per heavy atom. The number of imidazole rings is 1. The van der Waals surface area contributed by atoms with E-state index in [0.717, 1.165) is 56.9 Å². The lowest BCUT2D eigenvalue weighted by Crippen LogP contribution is -2.46. The summed E-state index contributed by atoms with van der Waals surface area (Å²) in [5, 5.41) is 0. The van der Waals surface area contributed by atoms with Gasteiger partial charge < -0.3 is 9.47 Å². The zero-order chi connectivity index (χ0) is 18.8. The molecule has 1 atom stereocenters. The normalized spacial score (nSPS) is 21.9. The van der Waals surface area contributed by atoms with Gasteiger partial charge in [0.25, 0.3) is 0 Å². The van der Waals surface area contributed by atoms with Gasteiger partial charge in [-0.1, -0.05) is 12.1 Å². The highest BCUT2D eigenvalue weighted by Gasteiger charge is 2.30. The van der Waals surface area contributed by atoms with Gasteiger partial charge in [0.2, 0.25) is 5.91 Å². The summed E-state index contributed by atoms with van der Waals surface area (Å²) >= 11 is 0. The average molecular weight is 369 g/mol. The third-order valence-electron chi connectivity index (χ3n) is 6.07. The van der Waals surface area contributed by atoms with E-state index in [9.17, 15) is 4.79 Å². The number of carbonyl (C=O) groups excluding carboxylic acids is 1. The highest BCUT2D eigenvalue weighted by molar-refractivity contribution is 5.79. The van der Waals surface area contributed by atoms with E-state index in [4.69, 9.17) is 4.98 Å². The first-order valence-corrected chi connectivity index (χ1v) is 10.6. The van der Waals surface area contributed by atoms with Gasteiger partial charge in [-0.05, 0) is 64.6 Å². The Hall–Kier alpha value is -1.88. The van der Waals surface area contributed by atoms with Crippen molar-refractivity contribution < 1.29 is 4.79 Å². The number of hydrogen-bond donors (Lipinski definition) is 0. The molecule has 3 heterocycles. The lowest BCUT2D eigenvalue weighted by molar-refractivity contribution is -0.138. The van der Waals surface area contributed by atoms with Gasteiger partial charge in [-0.25, -0.2) is 4.98 Å². The van der Waals surface area contributed by atoms with Crippen molar-refractivity contribution in [2.45, 2.75) is 58.5 Å². The van der Waals surface area contributed by atoms with Crippen LogP contribution in [0.25, 0.3) is 11.0 Å². The Morgan fingerprint density at radius 3 is 2.67 bits per heavy atom. The zero-order valence-electron chi connectivity index (χ0n) is 16.7. The number of benzene rings is 1. The Labute approximate surface area is 162 Å². The van der Waals surface area contributed by atoms with Crippen molar-refractivity contribution in [3.63, 3.8) is 0 Å². The van der Waals surface area contributed by atoms with E-state index in [1.165, 1.54) is 24.8 Å². The van der Waals surface area contributed by atoms with Gasteiger partial charge in [0.15, 0.2) is 0 Å². The first-order chi connectivity index (χ1) is 13.1. The minimum atomic E-state index is 0.161. The second kappa shape index (κ2) is 8.01. The maximum absolute atomic E-state index is 12.9. The quantitative estimate of drug-likeness (QED) is 0.823. The number of hydrogen-bond acceptors (Lipinski definition) is 3. The molecule has 0 N–H and O–H groups in total. The molecule has 2 aliphatic heterocycles. The van der Waals surface area contributed by atoms with Gasteiger partial charge >= 0.3 is 0 Å². The number of nitrogens with zero attached hydrogens (tertiary/aromatic N) is 4. The van der Waals surface area contributed by atoms with Crippen molar-refractivity contribution in [2.75, 3.05) is 26.2 Å². The predicted octanol–water partition coefficient (Wildman–Crippen LogP) is 3.84. The van der Waals surface area contributed by atoms with Crippen molar-refractivity contribution in [1.82, 2.24) is 19.4 Å². The summed E-state index contributed by atoms with van der Waals surface area (Å²) in [6, 6.07) is 8.77. The van der Waals surface area contributed by atoms with E-state index in [1.807, 2.05) is 0 Å². The fourth-order valence-corrected chi connectivity index (χ4v) is 4.76. The van der Waals surface area contributed by atoms with Crippen LogP contribution in [0.1, 0.15) is 57.8 Å². The minimum absolute atomic E-state index is 0.161. The molecule has 2 aromatic rings. The summed E-state index contributed by atoms with van der Waals surface area (Å²) < 4.78 is 2.35. The summed E-state index contributed by atoms with van der Waals surface area (Å²) in [7, 11) is 0. The monoisotopic (exact) mass is 368 g/mol. The first kappa shape index (κ1) is 18.5. The molecular weight excluding hydrogens is 336 g/mol. The van der Waals surface area contributed by atoms with E-state index in [-0.39, 0.29) is 5.92 Å². The molecule has 4 rings (SSSR count). The Balaban J connectivity index is 1.49. The van der Waals surface area contributed by atoms with Gasteiger partial charge in [0.1, 0.15) is 5.82 Å². The Bertz CT molecular complexity index is 791. The number of likely N-dealkylation sites (tertiary alicyclic amines) is 2. The van der Waals surface area contributed by atoms with Crippen molar-refractivity contribution >= 4 is 16.9 Å². The van der Waals surface area contributed by atoms with Crippen LogP contribution in [0.3, 0.4) is 0 Å². The van der Waals surface area contributed by atoms with Crippen LogP contribution in [0.4, 0.5) is 0 Å². The number of fused-ring (bicyclic) bond motifs is 1.